The Morgan fingerprint density at radius 2 is 1.77 bits per heavy atom. The lowest BCUT2D eigenvalue weighted by Crippen LogP contribution is -2.52. The molecule has 0 saturated carbocycles. The molecule has 2 rings (SSSR count). The van der Waals surface area contributed by atoms with Crippen LogP contribution in [0.2, 0.25) is 0 Å². The minimum Gasteiger partial charge on any atom is -0.379 e. The Labute approximate surface area is 175 Å². The molecule has 26 heavy (non-hydrogen) atoms. The van der Waals surface area contributed by atoms with Gasteiger partial charge in [-0.3, -0.25) is 14.7 Å². The van der Waals surface area contributed by atoms with Crippen molar-refractivity contribution in [2.24, 2.45) is 4.99 Å². The van der Waals surface area contributed by atoms with E-state index in [-0.39, 0.29) is 35.4 Å². The second kappa shape index (κ2) is 12.0. The number of hydrogen-bond donors (Lipinski definition) is 2. The standard InChI is InChI=1S/C18H35N5O2.HI/c1-4-19-17(20-8-7-16(24)22-9-5-6-10-22)21-15-18(2,3)23-11-13-25-14-12-23;/h4-15H2,1-3H3,(H2,19,20,21);1H. The van der Waals surface area contributed by atoms with Gasteiger partial charge in [-0.1, -0.05) is 0 Å². The molecule has 0 aliphatic carbocycles. The van der Waals surface area contributed by atoms with Crippen molar-refractivity contribution in [3.8, 4) is 0 Å². The molecule has 0 aromatic rings. The summed E-state index contributed by atoms with van der Waals surface area (Å²) in [5.41, 5.74) is -0.00248. The highest BCUT2D eigenvalue weighted by molar-refractivity contribution is 14.0. The van der Waals surface area contributed by atoms with Gasteiger partial charge in [0, 0.05) is 51.2 Å². The molecular weight excluding hydrogens is 445 g/mol. The number of hydrogen-bond acceptors (Lipinski definition) is 4. The summed E-state index contributed by atoms with van der Waals surface area (Å²) >= 11 is 0. The van der Waals surface area contributed by atoms with Crippen molar-refractivity contribution in [2.45, 2.75) is 45.6 Å². The molecule has 0 aromatic carbocycles. The zero-order valence-corrected chi connectivity index (χ0v) is 18.9. The fourth-order valence-electron chi connectivity index (χ4n) is 3.30. The number of guanidine groups is 1. The SMILES string of the molecule is CCNC(=NCC(C)(C)N1CCOCC1)NCCC(=O)N1CCCC1.I. The molecule has 2 saturated heterocycles. The molecule has 0 radical (unpaired) electrons. The number of likely N-dealkylation sites (tertiary alicyclic amines) is 1. The smallest absolute Gasteiger partial charge is 0.224 e. The predicted octanol–water partition coefficient (Wildman–Crippen LogP) is 1.28. The summed E-state index contributed by atoms with van der Waals surface area (Å²) in [7, 11) is 0. The summed E-state index contributed by atoms with van der Waals surface area (Å²) in [6.07, 6.45) is 2.80. The highest BCUT2D eigenvalue weighted by Crippen LogP contribution is 2.16. The molecule has 0 spiro atoms. The van der Waals surface area contributed by atoms with Gasteiger partial charge in [0.05, 0.1) is 19.8 Å². The Morgan fingerprint density at radius 3 is 2.38 bits per heavy atom. The summed E-state index contributed by atoms with van der Waals surface area (Å²) in [4.78, 5) is 21.3. The number of morpholine rings is 1. The zero-order chi connectivity index (χ0) is 18.1. The van der Waals surface area contributed by atoms with Gasteiger partial charge in [0.1, 0.15) is 0 Å². The van der Waals surface area contributed by atoms with Gasteiger partial charge in [0.25, 0.3) is 0 Å². The van der Waals surface area contributed by atoms with Gasteiger partial charge in [0.2, 0.25) is 5.91 Å². The lowest BCUT2D eigenvalue weighted by molar-refractivity contribution is -0.129. The van der Waals surface area contributed by atoms with Crippen LogP contribution in [0.15, 0.2) is 4.99 Å². The molecule has 2 aliphatic rings. The number of halogens is 1. The monoisotopic (exact) mass is 481 g/mol. The molecule has 8 heteroatoms. The third kappa shape index (κ3) is 7.56. The summed E-state index contributed by atoms with van der Waals surface area (Å²) in [5, 5.41) is 6.57. The quantitative estimate of drug-likeness (QED) is 0.326. The fraction of sp³-hybridized carbons (Fsp3) is 0.889. The first-order chi connectivity index (χ1) is 12.0. The lowest BCUT2D eigenvalue weighted by Gasteiger charge is -2.39. The second-order valence-corrected chi connectivity index (χ2v) is 7.37. The first kappa shape index (κ1) is 23.4. The van der Waals surface area contributed by atoms with E-state index in [1.165, 1.54) is 0 Å². The number of rotatable bonds is 7. The molecule has 2 heterocycles. The van der Waals surface area contributed by atoms with Crippen LogP contribution in [0.3, 0.4) is 0 Å². The maximum Gasteiger partial charge on any atom is 0.224 e. The molecule has 0 aromatic heterocycles. The van der Waals surface area contributed by atoms with Gasteiger partial charge in [-0.2, -0.15) is 0 Å². The summed E-state index contributed by atoms with van der Waals surface area (Å²) in [6.45, 7) is 14.0. The van der Waals surface area contributed by atoms with Crippen LogP contribution in [-0.4, -0.2) is 86.2 Å². The van der Waals surface area contributed by atoms with E-state index in [4.69, 9.17) is 9.73 Å². The van der Waals surface area contributed by atoms with E-state index in [2.05, 4.69) is 36.3 Å². The van der Waals surface area contributed by atoms with Crippen LogP contribution in [0.4, 0.5) is 0 Å². The van der Waals surface area contributed by atoms with Crippen LogP contribution in [0.1, 0.15) is 40.0 Å². The van der Waals surface area contributed by atoms with Crippen LogP contribution in [-0.2, 0) is 9.53 Å². The van der Waals surface area contributed by atoms with Crippen molar-refractivity contribution >= 4 is 35.8 Å². The van der Waals surface area contributed by atoms with Gasteiger partial charge in [0.15, 0.2) is 5.96 Å². The molecule has 0 bridgehead atoms. The average molecular weight is 481 g/mol. The average Bonchev–Trinajstić information content (AvgIpc) is 3.15. The molecule has 7 nitrogen and oxygen atoms in total. The molecule has 1 amide bonds. The minimum atomic E-state index is -0.00248. The largest absolute Gasteiger partial charge is 0.379 e. The number of amides is 1. The minimum absolute atomic E-state index is 0. The van der Waals surface area contributed by atoms with Gasteiger partial charge < -0.3 is 20.3 Å². The van der Waals surface area contributed by atoms with E-state index in [1.54, 1.807) is 0 Å². The number of nitrogens with zero attached hydrogens (tertiary/aromatic N) is 3. The first-order valence-electron chi connectivity index (χ1n) is 9.65. The van der Waals surface area contributed by atoms with E-state index in [0.29, 0.717) is 19.5 Å². The van der Waals surface area contributed by atoms with E-state index in [1.807, 2.05) is 4.90 Å². The lowest BCUT2D eigenvalue weighted by atomic mass is 10.0. The van der Waals surface area contributed by atoms with Crippen LogP contribution in [0, 0.1) is 0 Å². The van der Waals surface area contributed by atoms with Crippen LogP contribution >= 0.6 is 24.0 Å². The number of ether oxygens (including phenoxy) is 1. The molecule has 0 atom stereocenters. The Morgan fingerprint density at radius 1 is 1.12 bits per heavy atom. The highest BCUT2D eigenvalue weighted by Gasteiger charge is 2.28. The number of nitrogens with one attached hydrogen (secondary N) is 2. The van der Waals surface area contributed by atoms with Crippen LogP contribution in [0.5, 0.6) is 0 Å². The van der Waals surface area contributed by atoms with E-state index >= 15 is 0 Å². The number of carbonyl (C=O) groups excluding carboxylic acids is 1. The normalized spacial score (nSPS) is 19.2. The van der Waals surface area contributed by atoms with E-state index < -0.39 is 0 Å². The Balaban J connectivity index is 0.00000338. The fourth-order valence-corrected chi connectivity index (χ4v) is 3.30. The molecule has 2 fully saturated rings. The molecule has 152 valence electrons. The van der Waals surface area contributed by atoms with Gasteiger partial charge in [-0.25, -0.2) is 0 Å². The van der Waals surface area contributed by atoms with Crippen LogP contribution < -0.4 is 10.6 Å². The molecular formula is C18H36IN5O2. The van der Waals surface area contributed by atoms with Gasteiger partial charge in [-0.15, -0.1) is 24.0 Å². The van der Waals surface area contributed by atoms with Crippen molar-refractivity contribution in [2.75, 3.05) is 59.0 Å². The van der Waals surface area contributed by atoms with Crippen LogP contribution in [0.25, 0.3) is 0 Å². The molecule has 0 unspecified atom stereocenters. The summed E-state index contributed by atoms with van der Waals surface area (Å²) in [6, 6.07) is 0. The van der Waals surface area contributed by atoms with Crippen molar-refractivity contribution in [3.63, 3.8) is 0 Å². The Kier molecular flexibility index (Phi) is 10.8. The van der Waals surface area contributed by atoms with Crippen molar-refractivity contribution in [1.82, 2.24) is 20.4 Å². The summed E-state index contributed by atoms with van der Waals surface area (Å²) < 4.78 is 5.44. The van der Waals surface area contributed by atoms with Gasteiger partial charge >= 0.3 is 0 Å². The topological polar surface area (TPSA) is 69.2 Å². The second-order valence-electron chi connectivity index (χ2n) is 7.37. The Hall–Kier alpha value is -0.610. The van der Waals surface area contributed by atoms with E-state index in [0.717, 1.165) is 64.7 Å². The third-order valence-electron chi connectivity index (χ3n) is 4.93. The predicted molar refractivity (Wildman–Crippen MR) is 116 cm³/mol. The van der Waals surface area contributed by atoms with Gasteiger partial charge in [-0.05, 0) is 33.6 Å². The van der Waals surface area contributed by atoms with Crippen molar-refractivity contribution in [1.29, 1.82) is 0 Å². The maximum absolute atomic E-state index is 12.1. The van der Waals surface area contributed by atoms with Crippen molar-refractivity contribution in [3.05, 3.63) is 0 Å². The number of carbonyl (C=O) groups is 1. The molecule has 2 aliphatic heterocycles. The first-order valence-corrected chi connectivity index (χ1v) is 9.65. The van der Waals surface area contributed by atoms with E-state index in [9.17, 15) is 4.79 Å². The third-order valence-corrected chi connectivity index (χ3v) is 4.93. The summed E-state index contributed by atoms with van der Waals surface area (Å²) in [5.74, 6) is 1.03. The highest BCUT2D eigenvalue weighted by atomic mass is 127. The number of aliphatic imine (C=N–C) groups is 1. The maximum atomic E-state index is 12.1. The Bertz CT molecular complexity index is 447. The molecule has 2 N–H and O–H groups in total. The van der Waals surface area contributed by atoms with Crippen molar-refractivity contribution < 1.29 is 9.53 Å². The zero-order valence-electron chi connectivity index (χ0n) is 16.6.